The molecule has 0 fully saturated rings. The van der Waals surface area contributed by atoms with Gasteiger partial charge in [-0.25, -0.2) is 14.8 Å². The van der Waals surface area contributed by atoms with Crippen molar-refractivity contribution in [1.29, 1.82) is 0 Å². The second kappa shape index (κ2) is 8.83. The van der Waals surface area contributed by atoms with E-state index in [1.54, 1.807) is 27.0 Å². The molecule has 0 saturated carbocycles. The number of methoxy groups -OCH3 is 1. The molecule has 3 aromatic rings. The van der Waals surface area contributed by atoms with Crippen molar-refractivity contribution in [1.82, 2.24) is 9.97 Å². The Kier molecular flexibility index (Phi) is 6.23. The van der Waals surface area contributed by atoms with Gasteiger partial charge in [-0.05, 0) is 57.2 Å². The van der Waals surface area contributed by atoms with Crippen molar-refractivity contribution in [2.24, 2.45) is 0 Å². The van der Waals surface area contributed by atoms with Crippen LogP contribution >= 0.6 is 11.3 Å². The Bertz CT molecular complexity index is 1040. The first-order valence-corrected chi connectivity index (χ1v) is 9.82. The number of amides is 1. The smallest absolute Gasteiger partial charge is 0.339 e. The Balaban J connectivity index is 1.77. The molecule has 0 aliphatic rings. The van der Waals surface area contributed by atoms with Crippen molar-refractivity contribution in [3.8, 4) is 17.0 Å². The zero-order chi connectivity index (χ0) is 21.0. The lowest BCUT2D eigenvalue weighted by atomic mass is 10.1. The number of aromatic nitrogens is 2. The maximum atomic E-state index is 12.6. The highest BCUT2D eigenvalue weighted by atomic mass is 32.1. The van der Waals surface area contributed by atoms with Crippen LogP contribution in [0.3, 0.4) is 0 Å². The van der Waals surface area contributed by atoms with Crippen LogP contribution in [0.15, 0.2) is 36.4 Å². The predicted octanol–water partition coefficient (Wildman–Crippen LogP) is 4.26. The molecule has 0 aliphatic carbocycles. The van der Waals surface area contributed by atoms with Gasteiger partial charge in [-0.1, -0.05) is 0 Å². The molecular weight excluding hydrogens is 390 g/mol. The van der Waals surface area contributed by atoms with Gasteiger partial charge in [0, 0.05) is 10.4 Å². The third-order valence-corrected chi connectivity index (χ3v) is 5.08. The second-order valence-electron chi connectivity index (χ2n) is 6.16. The molecule has 0 spiro atoms. The number of hydrogen-bond donors (Lipinski definition) is 1. The van der Waals surface area contributed by atoms with E-state index in [1.807, 2.05) is 31.2 Å². The second-order valence-corrected chi connectivity index (χ2v) is 7.36. The molecule has 1 amide bonds. The summed E-state index contributed by atoms with van der Waals surface area (Å²) in [4.78, 5) is 34.2. The predicted molar refractivity (Wildman–Crippen MR) is 112 cm³/mol. The first-order chi connectivity index (χ1) is 13.9. The van der Waals surface area contributed by atoms with Crippen molar-refractivity contribution in [2.45, 2.75) is 20.8 Å². The monoisotopic (exact) mass is 411 g/mol. The quantitative estimate of drug-likeness (QED) is 0.610. The summed E-state index contributed by atoms with van der Waals surface area (Å²) in [5.74, 6) is -0.0782. The average Bonchev–Trinajstić information content (AvgIpc) is 3.08. The molecule has 0 aliphatic heterocycles. The third kappa shape index (κ3) is 4.60. The zero-order valence-corrected chi connectivity index (χ0v) is 17.4. The van der Waals surface area contributed by atoms with E-state index in [0.29, 0.717) is 16.4 Å². The Morgan fingerprint density at radius 3 is 2.41 bits per heavy atom. The van der Waals surface area contributed by atoms with E-state index in [-0.39, 0.29) is 12.3 Å². The number of hydrogen-bond acceptors (Lipinski definition) is 7. The molecule has 1 N–H and O–H groups in total. The molecule has 7 nitrogen and oxygen atoms in total. The van der Waals surface area contributed by atoms with Gasteiger partial charge in [0.15, 0.2) is 5.13 Å². The van der Waals surface area contributed by atoms with E-state index in [4.69, 9.17) is 9.47 Å². The van der Waals surface area contributed by atoms with E-state index in [0.717, 1.165) is 21.9 Å². The van der Waals surface area contributed by atoms with Gasteiger partial charge < -0.3 is 9.47 Å². The van der Waals surface area contributed by atoms with E-state index in [1.165, 1.54) is 17.4 Å². The van der Waals surface area contributed by atoms with Crippen molar-refractivity contribution >= 4 is 28.3 Å². The highest BCUT2D eigenvalue weighted by Crippen LogP contribution is 2.31. The topological polar surface area (TPSA) is 90.4 Å². The maximum Gasteiger partial charge on any atom is 0.339 e. The number of rotatable bonds is 6. The number of benzene rings is 1. The third-order valence-electron chi connectivity index (χ3n) is 4.19. The van der Waals surface area contributed by atoms with Crippen molar-refractivity contribution in [3.05, 3.63) is 58.2 Å². The average molecular weight is 411 g/mol. The molecule has 1 aromatic carbocycles. The van der Waals surface area contributed by atoms with Gasteiger partial charge in [0.25, 0.3) is 5.91 Å². The molecule has 0 radical (unpaired) electrons. The summed E-state index contributed by atoms with van der Waals surface area (Å²) in [6.07, 6.45) is 0. The van der Waals surface area contributed by atoms with E-state index >= 15 is 0 Å². The number of carbonyl (C=O) groups excluding carboxylic acids is 2. The Hall–Kier alpha value is -3.26. The summed E-state index contributed by atoms with van der Waals surface area (Å²) in [6.45, 7) is 5.63. The minimum atomic E-state index is -0.455. The number of esters is 1. The van der Waals surface area contributed by atoms with Crippen LogP contribution in [0.25, 0.3) is 11.3 Å². The Morgan fingerprint density at radius 2 is 1.79 bits per heavy atom. The number of ether oxygens (including phenoxy) is 2. The van der Waals surface area contributed by atoms with Crippen LogP contribution in [0.4, 0.5) is 5.13 Å². The van der Waals surface area contributed by atoms with Gasteiger partial charge in [-0.15, -0.1) is 11.3 Å². The SMILES string of the molecule is CCOC(=O)c1ccc(C(=O)Nc2nc(-c3ccc(OC)cc3)c(C)s2)nc1C. The van der Waals surface area contributed by atoms with Crippen LogP contribution in [0.1, 0.15) is 38.3 Å². The molecule has 0 saturated heterocycles. The summed E-state index contributed by atoms with van der Waals surface area (Å²) >= 11 is 1.38. The molecule has 0 bridgehead atoms. The zero-order valence-electron chi connectivity index (χ0n) is 16.6. The summed E-state index contributed by atoms with van der Waals surface area (Å²) < 4.78 is 10.2. The van der Waals surface area contributed by atoms with Gasteiger partial charge in [0.1, 0.15) is 11.4 Å². The first-order valence-electron chi connectivity index (χ1n) is 9.01. The van der Waals surface area contributed by atoms with Crippen LogP contribution < -0.4 is 10.1 Å². The number of carbonyl (C=O) groups is 2. The largest absolute Gasteiger partial charge is 0.497 e. The molecule has 2 heterocycles. The number of thiazole rings is 1. The van der Waals surface area contributed by atoms with Gasteiger partial charge in [-0.3, -0.25) is 10.1 Å². The number of aryl methyl sites for hydroxylation is 2. The van der Waals surface area contributed by atoms with Crippen LogP contribution in [-0.2, 0) is 4.74 Å². The molecular formula is C21H21N3O4S. The summed E-state index contributed by atoms with van der Waals surface area (Å²) in [5.41, 5.74) is 2.72. The number of anilines is 1. The molecule has 8 heteroatoms. The van der Waals surface area contributed by atoms with Crippen molar-refractivity contribution < 1.29 is 19.1 Å². The summed E-state index contributed by atoms with van der Waals surface area (Å²) in [7, 11) is 1.62. The fourth-order valence-corrected chi connectivity index (χ4v) is 3.57. The van der Waals surface area contributed by atoms with Crippen LogP contribution in [0, 0.1) is 13.8 Å². The Morgan fingerprint density at radius 1 is 1.07 bits per heavy atom. The van der Waals surface area contributed by atoms with Gasteiger partial charge >= 0.3 is 5.97 Å². The standard InChI is InChI=1S/C21H21N3O4S/c1-5-28-20(26)16-10-11-17(22-12(16)2)19(25)24-21-23-18(13(3)29-21)14-6-8-15(27-4)9-7-14/h6-11H,5H2,1-4H3,(H,23,24,25). The summed E-state index contributed by atoms with van der Waals surface area (Å²) in [5, 5.41) is 3.26. The molecule has 0 atom stereocenters. The number of pyridine rings is 1. The number of nitrogens with zero attached hydrogens (tertiary/aromatic N) is 2. The Labute approximate surface area is 172 Å². The van der Waals surface area contributed by atoms with Gasteiger partial charge in [-0.2, -0.15) is 0 Å². The van der Waals surface area contributed by atoms with Crippen LogP contribution in [-0.4, -0.2) is 35.6 Å². The molecule has 29 heavy (non-hydrogen) atoms. The lowest BCUT2D eigenvalue weighted by Gasteiger charge is -2.07. The van der Waals surface area contributed by atoms with Gasteiger partial charge in [0.05, 0.1) is 30.7 Å². The van der Waals surface area contributed by atoms with E-state index in [2.05, 4.69) is 15.3 Å². The van der Waals surface area contributed by atoms with Crippen LogP contribution in [0.2, 0.25) is 0 Å². The van der Waals surface area contributed by atoms with E-state index < -0.39 is 11.9 Å². The fraction of sp³-hybridized carbons (Fsp3) is 0.238. The molecule has 0 unspecified atom stereocenters. The van der Waals surface area contributed by atoms with E-state index in [9.17, 15) is 9.59 Å². The van der Waals surface area contributed by atoms with Crippen LogP contribution in [0.5, 0.6) is 5.75 Å². The molecule has 150 valence electrons. The lowest BCUT2D eigenvalue weighted by molar-refractivity contribution is 0.0524. The highest BCUT2D eigenvalue weighted by molar-refractivity contribution is 7.16. The molecule has 2 aromatic heterocycles. The fourth-order valence-electron chi connectivity index (χ4n) is 2.74. The van der Waals surface area contributed by atoms with Crippen molar-refractivity contribution in [3.63, 3.8) is 0 Å². The first kappa shape index (κ1) is 20.5. The minimum absolute atomic E-state index is 0.203. The normalized spacial score (nSPS) is 10.5. The van der Waals surface area contributed by atoms with Gasteiger partial charge in [0.2, 0.25) is 0 Å². The molecule has 3 rings (SSSR count). The summed E-state index contributed by atoms with van der Waals surface area (Å²) in [6, 6.07) is 10.6. The lowest BCUT2D eigenvalue weighted by Crippen LogP contribution is -2.16. The number of nitrogens with one attached hydrogen (secondary N) is 1. The minimum Gasteiger partial charge on any atom is -0.497 e. The highest BCUT2D eigenvalue weighted by Gasteiger charge is 2.17. The maximum absolute atomic E-state index is 12.6. The van der Waals surface area contributed by atoms with Crippen molar-refractivity contribution in [2.75, 3.05) is 19.0 Å².